The maximum Gasteiger partial charge on any atom is 0.356 e. The van der Waals surface area contributed by atoms with Crippen molar-refractivity contribution in [3.05, 3.63) is 10.4 Å². The van der Waals surface area contributed by atoms with E-state index < -0.39 is 14.3 Å². The molecule has 0 saturated heterocycles. The van der Waals surface area contributed by atoms with E-state index in [4.69, 9.17) is 14.8 Å². The Morgan fingerprint density at radius 3 is 2.50 bits per heavy atom. The van der Waals surface area contributed by atoms with E-state index in [1.54, 1.807) is 6.92 Å². The second-order valence-electron chi connectivity index (χ2n) is 3.85. The molecular weight excluding hydrogens is 228 g/mol. The molecule has 0 aromatic heterocycles. The van der Waals surface area contributed by atoms with Crippen LogP contribution < -0.4 is 0 Å². The first kappa shape index (κ1) is 14.5. The molecule has 0 unspecified atom stereocenters. The van der Waals surface area contributed by atoms with Gasteiger partial charge >= 0.3 is 5.97 Å². The van der Waals surface area contributed by atoms with Gasteiger partial charge in [-0.2, -0.15) is 0 Å². The van der Waals surface area contributed by atoms with Gasteiger partial charge in [0.25, 0.3) is 8.32 Å². The molecule has 0 saturated carbocycles. The maximum absolute atomic E-state index is 11.4. The summed E-state index contributed by atoms with van der Waals surface area (Å²) in [4.78, 5) is 13.9. The van der Waals surface area contributed by atoms with Gasteiger partial charge in [0, 0.05) is 4.91 Å². The van der Waals surface area contributed by atoms with E-state index in [0.29, 0.717) is 0 Å². The van der Waals surface area contributed by atoms with E-state index in [1.807, 2.05) is 19.6 Å². The second-order valence-corrected chi connectivity index (χ2v) is 8.26. The molecule has 0 radical (unpaired) electrons. The summed E-state index contributed by atoms with van der Waals surface area (Å²) in [7, 11) is -1.86. The monoisotopic (exact) mass is 244 g/mol. The number of nitrogens with zero attached hydrogens (tertiary/aromatic N) is 4. The lowest BCUT2D eigenvalue weighted by Gasteiger charge is -2.13. The Bertz CT molecular complexity index is 318. The number of hydrogen-bond donors (Lipinski definition) is 0. The van der Waals surface area contributed by atoms with E-state index in [9.17, 15) is 4.79 Å². The molecule has 8 heteroatoms. The van der Waals surface area contributed by atoms with Crippen molar-refractivity contribution in [2.75, 3.05) is 13.2 Å². The molecule has 0 aliphatic rings. The maximum atomic E-state index is 11.4. The Kier molecular flexibility index (Phi) is 6.20. The third kappa shape index (κ3) is 6.85. The summed E-state index contributed by atoms with van der Waals surface area (Å²) in [5, 5.41) is 6.95. The smallest absolute Gasteiger partial charge is 0.356 e. The molecule has 0 spiro atoms. The molecule has 0 aromatic carbocycles. The molecular formula is C8H16N4O3Si. The molecule has 0 heterocycles. The quantitative estimate of drug-likeness (QED) is 0.136. The molecule has 16 heavy (non-hydrogen) atoms. The topological polar surface area (TPSA) is 96.7 Å². The van der Waals surface area contributed by atoms with Crippen LogP contribution in [0.1, 0.15) is 6.92 Å². The van der Waals surface area contributed by atoms with Crippen molar-refractivity contribution in [2.24, 2.45) is 10.3 Å². The lowest BCUT2D eigenvalue weighted by molar-refractivity contribution is -0.135. The Labute approximate surface area is 95.2 Å². The van der Waals surface area contributed by atoms with Crippen molar-refractivity contribution < 1.29 is 14.1 Å². The van der Waals surface area contributed by atoms with Gasteiger partial charge in [0.2, 0.25) is 0 Å². The summed E-state index contributed by atoms with van der Waals surface area (Å²) < 4.78 is 9.95. The van der Waals surface area contributed by atoms with Crippen molar-refractivity contribution in [3.63, 3.8) is 0 Å². The zero-order valence-corrected chi connectivity index (χ0v) is 10.9. The number of hydrogen-bond acceptors (Lipinski definition) is 5. The minimum Gasteiger partial charge on any atom is -0.461 e. The Hall–Kier alpha value is -1.53. The number of azide groups is 1. The molecule has 0 bridgehead atoms. The van der Waals surface area contributed by atoms with E-state index >= 15 is 0 Å². The Morgan fingerprint density at radius 1 is 1.44 bits per heavy atom. The van der Waals surface area contributed by atoms with E-state index in [-0.39, 0.29) is 18.9 Å². The summed E-state index contributed by atoms with van der Waals surface area (Å²) in [6.45, 7) is 7.52. The number of carbonyl (C=O) groups excluding carboxylic acids is 1. The largest absolute Gasteiger partial charge is 0.461 e. The third-order valence-electron chi connectivity index (χ3n) is 1.22. The first-order valence-corrected chi connectivity index (χ1v) is 8.24. The van der Waals surface area contributed by atoms with Crippen molar-refractivity contribution in [3.8, 4) is 0 Å². The molecule has 0 aliphatic heterocycles. The van der Waals surface area contributed by atoms with Gasteiger partial charge < -0.3 is 9.26 Å². The van der Waals surface area contributed by atoms with Crippen molar-refractivity contribution in [1.82, 2.24) is 0 Å². The second kappa shape index (κ2) is 6.86. The van der Waals surface area contributed by atoms with Crippen LogP contribution in [0, 0.1) is 0 Å². The van der Waals surface area contributed by atoms with E-state index in [2.05, 4.69) is 15.2 Å². The van der Waals surface area contributed by atoms with Crippen LogP contribution in [0.15, 0.2) is 10.3 Å². The number of oxime groups is 1. The number of rotatable bonds is 6. The third-order valence-corrected chi connectivity index (χ3v) is 1.86. The minimum absolute atomic E-state index is 0.0120. The normalized spacial score (nSPS) is 11.6. The van der Waals surface area contributed by atoms with Crippen molar-refractivity contribution in [1.29, 1.82) is 0 Å². The summed E-state index contributed by atoms with van der Waals surface area (Å²) >= 11 is 0. The number of ether oxygens (including phenoxy) is 1. The molecule has 0 rings (SSSR count). The van der Waals surface area contributed by atoms with Gasteiger partial charge in [0.05, 0.1) is 13.2 Å². The standard InChI is InChI=1S/C8H16N4O3Si/c1-5-14-8(13)7(6-10-12-9)11-15-16(2,3)4/h5-6H2,1-4H3/b11-7+. The zero-order valence-electron chi connectivity index (χ0n) is 9.93. The fourth-order valence-corrected chi connectivity index (χ4v) is 1.02. The fraction of sp³-hybridized carbons (Fsp3) is 0.750. The van der Waals surface area contributed by atoms with E-state index in [0.717, 1.165) is 0 Å². The van der Waals surface area contributed by atoms with Crippen LogP contribution in [0.5, 0.6) is 0 Å². The van der Waals surface area contributed by atoms with E-state index in [1.165, 1.54) is 0 Å². The van der Waals surface area contributed by atoms with Crippen molar-refractivity contribution >= 4 is 20.0 Å². The highest BCUT2D eigenvalue weighted by atomic mass is 28.4. The number of esters is 1. The Morgan fingerprint density at radius 2 is 2.06 bits per heavy atom. The van der Waals surface area contributed by atoms with Crippen molar-refractivity contribution in [2.45, 2.75) is 26.6 Å². The molecule has 0 aromatic rings. The molecule has 7 nitrogen and oxygen atoms in total. The lowest BCUT2D eigenvalue weighted by Crippen LogP contribution is -2.26. The van der Waals surface area contributed by atoms with Crippen LogP contribution in [0.3, 0.4) is 0 Å². The van der Waals surface area contributed by atoms with Gasteiger partial charge in [-0.25, -0.2) is 4.79 Å². The summed E-state index contributed by atoms with van der Waals surface area (Å²) in [5.41, 5.74) is 8.16. The minimum atomic E-state index is -1.86. The van der Waals surface area contributed by atoms with Gasteiger partial charge in [0.15, 0.2) is 5.71 Å². The SMILES string of the molecule is CCOC(=O)/C(CN=[N+]=[N-])=N/O[Si](C)(C)C. The van der Waals surface area contributed by atoms with Crippen LogP contribution >= 0.6 is 0 Å². The fourth-order valence-electron chi connectivity index (χ4n) is 0.636. The van der Waals surface area contributed by atoms with Crippen LogP contribution in [0.25, 0.3) is 10.4 Å². The first-order valence-electron chi connectivity index (χ1n) is 4.83. The molecule has 0 fully saturated rings. The van der Waals surface area contributed by atoms with Crippen LogP contribution in [0.4, 0.5) is 0 Å². The average Bonchev–Trinajstić information content (AvgIpc) is 2.16. The molecule has 90 valence electrons. The van der Waals surface area contributed by atoms with Crippen LogP contribution in [-0.2, 0) is 14.1 Å². The predicted molar refractivity (Wildman–Crippen MR) is 62.5 cm³/mol. The molecule has 0 N–H and O–H groups in total. The van der Waals surface area contributed by atoms with Gasteiger partial charge in [0.1, 0.15) is 0 Å². The zero-order chi connectivity index (χ0) is 12.6. The van der Waals surface area contributed by atoms with Gasteiger partial charge in [-0.05, 0) is 32.1 Å². The van der Waals surface area contributed by atoms with Gasteiger partial charge in [-0.3, -0.25) is 0 Å². The van der Waals surface area contributed by atoms with Gasteiger partial charge in [-0.15, -0.1) is 0 Å². The molecule has 0 aliphatic carbocycles. The predicted octanol–water partition coefficient (Wildman–Crippen LogP) is 2.07. The highest BCUT2D eigenvalue weighted by Crippen LogP contribution is 2.03. The number of carbonyl (C=O) groups is 1. The molecule has 0 atom stereocenters. The summed E-state index contributed by atoms with van der Waals surface area (Å²) in [6, 6.07) is 0. The summed E-state index contributed by atoms with van der Waals surface area (Å²) in [6.07, 6.45) is 0. The average molecular weight is 244 g/mol. The highest BCUT2D eigenvalue weighted by Gasteiger charge is 2.19. The molecule has 0 amide bonds. The summed E-state index contributed by atoms with van der Waals surface area (Å²) in [5.74, 6) is -0.617. The van der Waals surface area contributed by atoms with Crippen LogP contribution in [0.2, 0.25) is 19.6 Å². The van der Waals surface area contributed by atoms with Gasteiger partial charge in [-0.1, -0.05) is 10.3 Å². The first-order chi connectivity index (χ1) is 7.40. The highest BCUT2D eigenvalue weighted by molar-refractivity contribution is 6.69. The Balaban J connectivity index is 4.65. The lowest BCUT2D eigenvalue weighted by atomic mass is 10.4. The van der Waals surface area contributed by atoms with Crippen LogP contribution in [-0.4, -0.2) is 33.2 Å².